The fourth-order valence-electron chi connectivity index (χ4n) is 1.93. The Bertz CT molecular complexity index is 611. The van der Waals surface area contributed by atoms with Crippen molar-refractivity contribution in [2.75, 3.05) is 5.32 Å². The van der Waals surface area contributed by atoms with Crippen molar-refractivity contribution in [3.05, 3.63) is 29.8 Å². The molecule has 7 nitrogen and oxygen atoms in total. The number of para-hydroxylation sites is 1. The predicted molar refractivity (Wildman–Crippen MR) is 65.4 cm³/mol. The molecule has 1 heterocycles. The number of carbonyl (C=O) groups is 4. The van der Waals surface area contributed by atoms with Gasteiger partial charge < -0.3 is 20.5 Å². The van der Waals surface area contributed by atoms with Crippen LogP contribution in [0, 0.1) is 0 Å². The van der Waals surface area contributed by atoms with Gasteiger partial charge in [-0.25, -0.2) is 0 Å². The first-order valence-electron chi connectivity index (χ1n) is 5.87. The second-order valence-electron chi connectivity index (χ2n) is 4.39. The van der Waals surface area contributed by atoms with Gasteiger partial charge >= 0.3 is 0 Å². The Morgan fingerprint density at radius 3 is 2.60 bits per heavy atom. The van der Waals surface area contributed by atoms with Crippen LogP contribution >= 0.6 is 0 Å². The summed E-state index contributed by atoms with van der Waals surface area (Å²) in [6.07, 6.45) is 0. The Morgan fingerprint density at radius 1 is 1.30 bits per heavy atom. The molecule has 104 valence electrons. The molecule has 1 aromatic carbocycles. The van der Waals surface area contributed by atoms with Crippen molar-refractivity contribution in [2.24, 2.45) is 0 Å². The van der Waals surface area contributed by atoms with E-state index in [1.54, 1.807) is 24.3 Å². The monoisotopic (exact) mass is 275 g/mol. The number of hydrogen-bond donors (Lipinski definition) is 2. The van der Waals surface area contributed by atoms with Crippen LogP contribution in [0.25, 0.3) is 0 Å². The van der Waals surface area contributed by atoms with Gasteiger partial charge in [0, 0.05) is 5.69 Å². The lowest BCUT2D eigenvalue weighted by molar-refractivity contribution is -0.307. The van der Waals surface area contributed by atoms with Gasteiger partial charge in [-0.3, -0.25) is 14.4 Å². The molecule has 7 heteroatoms. The number of Topliss-reactive ketones (excluding diaryl/α,β-unsaturated/α-hetero) is 1. The molecular weight excluding hydrogens is 264 g/mol. The van der Waals surface area contributed by atoms with E-state index in [9.17, 15) is 24.3 Å². The minimum Gasteiger partial charge on any atom is -0.548 e. The number of rotatable bonds is 4. The van der Waals surface area contributed by atoms with E-state index >= 15 is 0 Å². The SMILES string of the molecule is C[C@@H](NC(=O)C(=O)[C@@H]1C(=O)Nc2ccccc21)C(=O)[O-]. The van der Waals surface area contributed by atoms with Gasteiger partial charge in [0.05, 0.1) is 12.0 Å². The maximum atomic E-state index is 12.0. The van der Waals surface area contributed by atoms with Gasteiger partial charge in [0.2, 0.25) is 11.7 Å². The van der Waals surface area contributed by atoms with Gasteiger partial charge in [0.15, 0.2) is 0 Å². The minimum absolute atomic E-state index is 0.402. The summed E-state index contributed by atoms with van der Waals surface area (Å²) in [6, 6.07) is 5.19. The Morgan fingerprint density at radius 2 is 1.95 bits per heavy atom. The molecule has 0 unspecified atom stereocenters. The number of carboxylic acids is 1. The summed E-state index contributed by atoms with van der Waals surface area (Å²) in [5.41, 5.74) is 0.871. The summed E-state index contributed by atoms with van der Waals surface area (Å²) in [7, 11) is 0. The van der Waals surface area contributed by atoms with Gasteiger partial charge in [-0.15, -0.1) is 0 Å². The Kier molecular flexibility index (Phi) is 3.51. The van der Waals surface area contributed by atoms with Crippen molar-refractivity contribution in [2.45, 2.75) is 18.9 Å². The van der Waals surface area contributed by atoms with E-state index in [0.29, 0.717) is 11.3 Å². The third kappa shape index (κ3) is 2.37. The molecule has 0 spiro atoms. The topological polar surface area (TPSA) is 115 Å². The first-order chi connectivity index (χ1) is 9.41. The molecular formula is C13H11N2O5-. The fourth-order valence-corrected chi connectivity index (χ4v) is 1.93. The molecule has 20 heavy (non-hydrogen) atoms. The van der Waals surface area contributed by atoms with Crippen molar-refractivity contribution in [1.82, 2.24) is 5.32 Å². The predicted octanol–water partition coefficient (Wildman–Crippen LogP) is -1.45. The van der Waals surface area contributed by atoms with Crippen LogP contribution in [0.4, 0.5) is 5.69 Å². The Balaban J connectivity index is 2.19. The van der Waals surface area contributed by atoms with E-state index in [4.69, 9.17) is 0 Å². The Hall–Kier alpha value is -2.70. The molecule has 0 aliphatic carbocycles. The number of anilines is 1. The third-order valence-corrected chi connectivity index (χ3v) is 2.98. The van der Waals surface area contributed by atoms with Crippen LogP contribution in [0.15, 0.2) is 24.3 Å². The molecule has 0 saturated carbocycles. The highest BCUT2D eigenvalue weighted by Crippen LogP contribution is 2.32. The van der Waals surface area contributed by atoms with Crippen LogP contribution in [0.1, 0.15) is 18.4 Å². The second kappa shape index (κ2) is 5.12. The lowest BCUT2D eigenvalue weighted by atomic mass is 9.95. The van der Waals surface area contributed by atoms with Crippen LogP contribution in [0.3, 0.4) is 0 Å². The molecule has 2 rings (SSSR count). The van der Waals surface area contributed by atoms with E-state index in [-0.39, 0.29) is 0 Å². The van der Waals surface area contributed by atoms with Gasteiger partial charge in [-0.1, -0.05) is 18.2 Å². The largest absolute Gasteiger partial charge is 0.548 e. The first-order valence-corrected chi connectivity index (χ1v) is 5.87. The molecule has 0 fully saturated rings. The molecule has 0 radical (unpaired) electrons. The average molecular weight is 275 g/mol. The molecule has 2 atom stereocenters. The van der Waals surface area contributed by atoms with E-state index in [1.807, 2.05) is 5.32 Å². The van der Waals surface area contributed by atoms with Crippen LogP contribution < -0.4 is 15.7 Å². The van der Waals surface area contributed by atoms with Gasteiger partial charge in [0.1, 0.15) is 5.92 Å². The van der Waals surface area contributed by atoms with E-state index in [1.165, 1.54) is 6.92 Å². The van der Waals surface area contributed by atoms with Gasteiger partial charge in [-0.05, 0) is 18.6 Å². The fraction of sp³-hybridized carbons (Fsp3) is 0.231. The summed E-state index contributed by atoms with van der Waals surface area (Å²) >= 11 is 0. The van der Waals surface area contributed by atoms with Crippen molar-refractivity contribution in [3.8, 4) is 0 Å². The highest BCUT2D eigenvalue weighted by Gasteiger charge is 2.39. The number of ketones is 1. The lowest BCUT2D eigenvalue weighted by Gasteiger charge is -2.15. The first kappa shape index (κ1) is 13.7. The number of benzene rings is 1. The van der Waals surface area contributed by atoms with E-state index < -0.39 is 35.5 Å². The van der Waals surface area contributed by atoms with Crippen molar-refractivity contribution < 1.29 is 24.3 Å². The molecule has 1 aliphatic rings. The summed E-state index contributed by atoms with van der Waals surface area (Å²) in [5, 5.41) is 15.0. The van der Waals surface area contributed by atoms with Crippen LogP contribution in [0.2, 0.25) is 0 Å². The lowest BCUT2D eigenvalue weighted by Crippen LogP contribution is -2.49. The number of nitrogens with one attached hydrogen (secondary N) is 2. The second-order valence-corrected chi connectivity index (χ2v) is 4.39. The van der Waals surface area contributed by atoms with Crippen molar-refractivity contribution >= 4 is 29.3 Å². The maximum Gasteiger partial charge on any atom is 0.289 e. The normalized spacial score (nSPS) is 17.9. The highest BCUT2D eigenvalue weighted by molar-refractivity contribution is 6.44. The zero-order chi connectivity index (χ0) is 14.9. The quantitative estimate of drug-likeness (QED) is 0.515. The molecule has 2 N–H and O–H groups in total. The highest BCUT2D eigenvalue weighted by atomic mass is 16.4. The summed E-state index contributed by atoms with van der Waals surface area (Å²) in [6.45, 7) is 1.17. The summed E-state index contributed by atoms with van der Waals surface area (Å²) in [4.78, 5) is 45.9. The van der Waals surface area contributed by atoms with E-state index in [0.717, 1.165) is 0 Å². The molecule has 2 amide bonds. The number of aliphatic carboxylic acids is 1. The zero-order valence-corrected chi connectivity index (χ0v) is 10.5. The molecule has 1 aromatic rings. The summed E-state index contributed by atoms with van der Waals surface area (Å²) in [5.74, 6) is -5.49. The third-order valence-electron chi connectivity index (χ3n) is 2.98. The Labute approximate surface area is 114 Å². The van der Waals surface area contributed by atoms with Crippen LogP contribution in [-0.2, 0) is 19.2 Å². The van der Waals surface area contributed by atoms with E-state index in [2.05, 4.69) is 5.32 Å². The maximum absolute atomic E-state index is 12.0. The average Bonchev–Trinajstić information content (AvgIpc) is 2.73. The number of hydrogen-bond acceptors (Lipinski definition) is 5. The molecule has 1 aliphatic heterocycles. The standard InChI is InChI=1S/C13H12N2O5/c1-6(13(19)20)14-12(18)10(16)9-7-4-2-3-5-8(7)15-11(9)17/h2-6,9H,1H3,(H,14,18)(H,15,17)(H,19,20)/p-1/t6-,9-/m1/s1. The number of carboxylic acid groups (broad SMARTS) is 1. The number of fused-ring (bicyclic) bond motifs is 1. The van der Waals surface area contributed by atoms with Gasteiger partial charge in [0.25, 0.3) is 5.91 Å². The van der Waals surface area contributed by atoms with Gasteiger partial charge in [-0.2, -0.15) is 0 Å². The number of carbonyl (C=O) groups excluding carboxylic acids is 4. The molecule has 0 saturated heterocycles. The van der Waals surface area contributed by atoms with Crippen molar-refractivity contribution in [3.63, 3.8) is 0 Å². The zero-order valence-electron chi connectivity index (χ0n) is 10.5. The molecule has 0 bridgehead atoms. The molecule has 0 aromatic heterocycles. The van der Waals surface area contributed by atoms with Crippen LogP contribution in [-0.4, -0.2) is 29.6 Å². The smallest absolute Gasteiger partial charge is 0.289 e. The van der Waals surface area contributed by atoms with Crippen molar-refractivity contribution in [1.29, 1.82) is 0 Å². The summed E-state index contributed by atoms with van der Waals surface area (Å²) < 4.78 is 0. The van der Waals surface area contributed by atoms with Crippen LogP contribution in [0.5, 0.6) is 0 Å². The number of amides is 2. The minimum atomic E-state index is -1.51.